The molecule has 172 valence electrons. The molecule has 2 aliphatic carbocycles. The SMILES string of the molecule is CC(C)(C)c1ccc(OC(=O)[C@@H](Cc2ccccc2)N2C(=O)[C@@H]3[C@H]4CC[C@@H](C4)[C@@H]3C2=O)cc1. The van der Waals surface area contributed by atoms with Crippen LogP contribution in [0.1, 0.15) is 51.2 Å². The summed E-state index contributed by atoms with van der Waals surface area (Å²) in [6.45, 7) is 6.37. The van der Waals surface area contributed by atoms with Gasteiger partial charge in [-0.3, -0.25) is 14.5 Å². The molecule has 3 aliphatic rings. The number of carbonyl (C=O) groups is 3. The van der Waals surface area contributed by atoms with E-state index in [0.29, 0.717) is 5.75 Å². The van der Waals surface area contributed by atoms with Crippen molar-refractivity contribution < 1.29 is 19.1 Å². The van der Waals surface area contributed by atoms with Crippen molar-refractivity contribution in [3.63, 3.8) is 0 Å². The Morgan fingerprint density at radius 1 is 0.939 bits per heavy atom. The Balaban J connectivity index is 1.42. The summed E-state index contributed by atoms with van der Waals surface area (Å²) >= 11 is 0. The van der Waals surface area contributed by atoms with Crippen LogP contribution in [0.5, 0.6) is 5.75 Å². The van der Waals surface area contributed by atoms with E-state index in [1.54, 1.807) is 12.1 Å². The number of esters is 1. The minimum Gasteiger partial charge on any atom is -0.425 e. The van der Waals surface area contributed by atoms with Crippen LogP contribution in [0.15, 0.2) is 54.6 Å². The lowest BCUT2D eigenvalue weighted by Crippen LogP contribution is -2.49. The van der Waals surface area contributed by atoms with Crippen LogP contribution < -0.4 is 4.74 Å². The molecule has 33 heavy (non-hydrogen) atoms. The molecule has 3 fully saturated rings. The third-order valence-corrected chi connectivity index (χ3v) is 7.76. The van der Waals surface area contributed by atoms with E-state index >= 15 is 0 Å². The monoisotopic (exact) mass is 445 g/mol. The van der Waals surface area contributed by atoms with E-state index < -0.39 is 12.0 Å². The first kappa shape index (κ1) is 21.9. The summed E-state index contributed by atoms with van der Waals surface area (Å²) in [6, 6.07) is 16.0. The third kappa shape index (κ3) is 3.88. The van der Waals surface area contributed by atoms with Crippen LogP contribution in [-0.4, -0.2) is 28.7 Å². The quantitative estimate of drug-likeness (QED) is 0.385. The third-order valence-electron chi connectivity index (χ3n) is 7.76. The van der Waals surface area contributed by atoms with Crippen molar-refractivity contribution >= 4 is 17.8 Å². The zero-order valence-corrected chi connectivity index (χ0v) is 19.5. The van der Waals surface area contributed by atoms with E-state index in [2.05, 4.69) is 20.8 Å². The predicted octanol–water partition coefficient (Wildman–Crippen LogP) is 4.53. The van der Waals surface area contributed by atoms with E-state index in [9.17, 15) is 14.4 Å². The van der Waals surface area contributed by atoms with Gasteiger partial charge in [-0.25, -0.2) is 4.79 Å². The average molecular weight is 446 g/mol. The fraction of sp³-hybridized carbons (Fsp3) is 0.464. The molecule has 5 rings (SSSR count). The summed E-state index contributed by atoms with van der Waals surface area (Å²) in [4.78, 5) is 41.5. The number of benzene rings is 2. The van der Waals surface area contributed by atoms with Crippen LogP contribution in [0.4, 0.5) is 0 Å². The molecule has 2 aromatic carbocycles. The van der Waals surface area contributed by atoms with Crippen LogP contribution in [0.3, 0.4) is 0 Å². The lowest BCUT2D eigenvalue weighted by molar-refractivity contribution is -0.154. The molecular formula is C28H31NO4. The molecule has 5 atom stereocenters. The molecule has 0 aromatic heterocycles. The largest absolute Gasteiger partial charge is 0.425 e. The van der Waals surface area contributed by atoms with E-state index in [1.165, 1.54) is 4.90 Å². The van der Waals surface area contributed by atoms with Gasteiger partial charge in [0.25, 0.3) is 0 Å². The number of likely N-dealkylation sites (tertiary alicyclic amines) is 1. The van der Waals surface area contributed by atoms with Crippen LogP contribution in [0.2, 0.25) is 0 Å². The van der Waals surface area contributed by atoms with Gasteiger partial charge in [-0.1, -0.05) is 63.2 Å². The highest BCUT2D eigenvalue weighted by Crippen LogP contribution is 2.56. The van der Waals surface area contributed by atoms with Crippen molar-refractivity contribution in [2.45, 2.75) is 57.9 Å². The van der Waals surface area contributed by atoms with E-state index in [-0.39, 0.29) is 47.3 Å². The zero-order chi connectivity index (χ0) is 23.3. The summed E-state index contributed by atoms with van der Waals surface area (Å²) in [5.74, 6) is -0.459. The summed E-state index contributed by atoms with van der Waals surface area (Å²) in [7, 11) is 0. The molecule has 1 saturated heterocycles. The van der Waals surface area contributed by atoms with E-state index in [1.807, 2.05) is 42.5 Å². The Morgan fingerprint density at radius 2 is 1.52 bits per heavy atom. The van der Waals surface area contributed by atoms with Gasteiger partial charge in [-0.05, 0) is 59.8 Å². The number of fused-ring (bicyclic) bond motifs is 5. The molecule has 0 N–H and O–H groups in total. The molecular weight excluding hydrogens is 414 g/mol. The number of hydrogen-bond acceptors (Lipinski definition) is 4. The fourth-order valence-corrected chi connectivity index (χ4v) is 6.06. The van der Waals surface area contributed by atoms with Crippen LogP contribution in [0, 0.1) is 23.7 Å². The number of nitrogens with zero attached hydrogens (tertiary/aromatic N) is 1. The van der Waals surface area contributed by atoms with Gasteiger partial charge in [-0.15, -0.1) is 0 Å². The van der Waals surface area contributed by atoms with Gasteiger partial charge in [-0.2, -0.15) is 0 Å². The highest BCUT2D eigenvalue weighted by Gasteiger charge is 2.62. The Morgan fingerprint density at radius 3 is 2.06 bits per heavy atom. The second kappa shape index (κ2) is 8.12. The zero-order valence-electron chi connectivity index (χ0n) is 19.5. The molecule has 1 heterocycles. The number of carbonyl (C=O) groups excluding carboxylic acids is 3. The standard InChI is InChI=1S/C28H31NO4/c1-28(2,3)20-11-13-21(14-12-20)33-27(32)22(15-17-7-5-4-6-8-17)29-25(30)23-18-9-10-19(16-18)24(23)26(29)31/h4-8,11-14,18-19,22-24H,9-10,15-16H2,1-3H3/t18-,19-,22+,23-,24+/m0/s1. The average Bonchev–Trinajstić information content (AvgIpc) is 3.47. The van der Waals surface area contributed by atoms with Crippen LogP contribution in [-0.2, 0) is 26.2 Å². The highest BCUT2D eigenvalue weighted by molar-refractivity contribution is 6.08. The highest BCUT2D eigenvalue weighted by atomic mass is 16.5. The summed E-state index contributed by atoms with van der Waals surface area (Å²) in [5.41, 5.74) is 2.02. The Hall–Kier alpha value is -2.95. The van der Waals surface area contributed by atoms with E-state index in [4.69, 9.17) is 4.74 Å². The Labute approximate surface area is 195 Å². The maximum atomic E-state index is 13.4. The van der Waals surface area contributed by atoms with Gasteiger partial charge in [0.05, 0.1) is 11.8 Å². The molecule has 2 aromatic rings. The number of hydrogen-bond donors (Lipinski definition) is 0. The molecule has 0 unspecified atom stereocenters. The number of amides is 2. The summed E-state index contributed by atoms with van der Waals surface area (Å²) in [6.07, 6.45) is 3.24. The van der Waals surface area contributed by atoms with Crippen LogP contribution >= 0.6 is 0 Å². The maximum absolute atomic E-state index is 13.4. The van der Waals surface area contributed by atoms with Crippen molar-refractivity contribution in [3.8, 4) is 5.75 Å². The predicted molar refractivity (Wildman–Crippen MR) is 124 cm³/mol. The second-order valence-electron chi connectivity index (χ2n) is 10.8. The van der Waals surface area contributed by atoms with Crippen molar-refractivity contribution in [1.29, 1.82) is 0 Å². The van der Waals surface area contributed by atoms with Crippen molar-refractivity contribution in [2.75, 3.05) is 0 Å². The van der Waals surface area contributed by atoms with Crippen molar-refractivity contribution in [2.24, 2.45) is 23.7 Å². The van der Waals surface area contributed by atoms with Gasteiger partial charge in [0.2, 0.25) is 11.8 Å². The smallest absolute Gasteiger partial charge is 0.335 e. The lowest BCUT2D eigenvalue weighted by atomic mass is 9.81. The topological polar surface area (TPSA) is 63.7 Å². The Kier molecular flexibility index (Phi) is 5.38. The minimum atomic E-state index is -0.959. The first-order chi connectivity index (χ1) is 15.7. The Bertz CT molecular complexity index is 1040. The molecule has 1 aliphatic heterocycles. The second-order valence-corrected chi connectivity index (χ2v) is 10.8. The normalized spacial score (nSPS) is 27.1. The van der Waals surface area contributed by atoms with Gasteiger partial charge in [0.1, 0.15) is 11.8 Å². The van der Waals surface area contributed by atoms with Crippen molar-refractivity contribution in [3.05, 3.63) is 65.7 Å². The molecule has 5 nitrogen and oxygen atoms in total. The van der Waals surface area contributed by atoms with Gasteiger partial charge in [0.15, 0.2) is 0 Å². The van der Waals surface area contributed by atoms with Gasteiger partial charge < -0.3 is 4.74 Å². The number of imide groups is 1. The number of ether oxygens (including phenoxy) is 1. The van der Waals surface area contributed by atoms with Gasteiger partial charge in [0, 0.05) is 6.42 Å². The molecule has 0 radical (unpaired) electrons. The van der Waals surface area contributed by atoms with Crippen LogP contribution in [0.25, 0.3) is 0 Å². The number of rotatable bonds is 5. The molecule has 2 bridgehead atoms. The fourth-order valence-electron chi connectivity index (χ4n) is 6.06. The van der Waals surface area contributed by atoms with E-state index in [0.717, 1.165) is 30.4 Å². The first-order valence-corrected chi connectivity index (χ1v) is 12.0. The lowest BCUT2D eigenvalue weighted by Gasteiger charge is -2.26. The minimum absolute atomic E-state index is 0.0100. The van der Waals surface area contributed by atoms with Crippen molar-refractivity contribution in [1.82, 2.24) is 4.90 Å². The summed E-state index contributed by atoms with van der Waals surface area (Å²) in [5, 5.41) is 0. The summed E-state index contributed by atoms with van der Waals surface area (Å²) < 4.78 is 5.73. The molecule has 2 amide bonds. The molecule has 5 heteroatoms. The molecule has 2 saturated carbocycles. The first-order valence-electron chi connectivity index (χ1n) is 12.0. The molecule has 0 spiro atoms. The van der Waals surface area contributed by atoms with Gasteiger partial charge >= 0.3 is 5.97 Å². The maximum Gasteiger partial charge on any atom is 0.335 e.